The second kappa shape index (κ2) is 2.39. The summed E-state index contributed by atoms with van der Waals surface area (Å²) < 4.78 is 5.58. The molecule has 3 rings (SSSR count). The zero-order valence-corrected chi connectivity index (χ0v) is 7.08. The predicted octanol–water partition coefficient (Wildman–Crippen LogP) is 2.57. The number of ether oxygens (including phenoxy) is 1. The summed E-state index contributed by atoms with van der Waals surface area (Å²) in [5.74, 6) is 0.981. The monoisotopic (exact) mass is 171 g/mol. The minimum atomic E-state index is 0.652. The highest BCUT2D eigenvalue weighted by atomic mass is 16.5. The number of nitrogens with one attached hydrogen (secondary N) is 1. The normalized spacial score (nSPS) is 12.9. The molecule has 0 amide bonds. The molecule has 1 N–H and O–H groups in total. The minimum Gasteiger partial charge on any atom is -0.487 e. The summed E-state index contributed by atoms with van der Waals surface area (Å²) in [7, 11) is 0. The van der Waals surface area contributed by atoms with Gasteiger partial charge in [0.15, 0.2) is 0 Å². The van der Waals surface area contributed by atoms with Gasteiger partial charge in [0.2, 0.25) is 0 Å². The third kappa shape index (κ3) is 0.886. The average Bonchev–Trinajstić information content (AvgIpc) is 2.65. The van der Waals surface area contributed by atoms with Crippen molar-refractivity contribution in [2.45, 2.75) is 6.61 Å². The Morgan fingerprint density at radius 2 is 2.00 bits per heavy atom. The third-order valence-corrected chi connectivity index (χ3v) is 2.38. The van der Waals surface area contributed by atoms with E-state index in [9.17, 15) is 0 Å². The number of fused-ring (bicyclic) bond motifs is 3. The number of H-pyrrole nitrogens is 1. The standard InChI is InChI=1S/C11H9NO/c1-2-4-11-9(3-1)8-5-6-12-10(8)7-13-11/h1-6,12H,7H2. The van der Waals surface area contributed by atoms with Crippen LogP contribution < -0.4 is 4.74 Å². The van der Waals surface area contributed by atoms with Crippen molar-refractivity contribution in [1.29, 1.82) is 0 Å². The largest absolute Gasteiger partial charge is 0.487 e. The average molecular weight is 171 g/mol. The topological polar surface area (TPSA) is 25.0 Å². The number of hydrogen-bond donors (Lipinski definition) is 1. The minimum absolute atomic E-state index is 0.652. The van der Waals surface area contributed by atoms with E-state index in [0.29, 0.717) is 6.61 Å². The maximum Gasteiger partial charge on any atom is 0.129 e. The van der Waals surface area contributed by atoms with Gasteiger partial charge in [0, 0.05) is 17.3 Å². The van der Waals surface area contributed by atoms with Crippen LogP contribution in [0.4, 0.5) is 0 Å². The molecule has 0 bridgehead atoms. The Balaban J connectivity index is 2.30. The Kier molecular flexibility index (Phi) is 1.25. The first-order valence-electron chi connectivity index (χ1n) is 4.33. The molecule has 2 aromatic rings. The highest BCUT2D eigenvalue weighted by molar-refractivity contribution is 5.73. The van der Waals surface area contributed by atoms with Gasteiger partial charge in [-0.05, 0) is 12.1 Å². The summed E-state index contributed by atoms with van der Waals surface area (Å²) in [6, 6.07) is 10.2. The molecule has 0 spiro atoms. The SMILES string of the molecule is c1ccc2c(c1)OCc1[nH]ccc1-2. The molecule has 0 fully saturated rings. The molecule has 2 nitrogen and oxygen atoms in total. The number of para-hydroxylation sites is 1. The number of hydrogen-bond acceptors (Lipinski definition) is 1. The van der Waals surface area contributed by atoms with Crippen molar-refractivity contribution in [3.05, 3.63) is 42.2 Å². The molecule has 0 saturated carbocycles. The van der Waals surface area contributed by atoms with Gasteiger partial charge in [0.25, 0.3) is 0 Å². The van der Waals surface area contributed by atoms with Crippen molar-refractivity contribution in [1.82, 2.24) is 4.98 Å². The van der Waals surface area contributed by atoms with Crippen LogP contribution in [0.1, 0.15) is 5.69 Å². The van der Waals surface area contributed by atoms with Gasteiger partial charge in [0.05, 0.1) is 5.69 Å². The predicted molar refractivity (Wildman–Crippen MR) is 50.6 cm³/mol. The van der Waals surface area contributed by atoms with E-state index in [1.54, 1.807) is 0 Å². The van der Waals surface area contributed by atoms with Crippen molar-refractivity contribution < 1.29 is 4.74 Å². The van der Waals surface area contributed by atoms with E-state index in [4.69, 9.17) is 4.74 Å². The van der Waals surface area contributed by atoms with E-state index in [2.05, 4.69) is 17.1 Å². The second-order valence-corrected chi connectivity index (χ2v) is 3.15. The van der Waals surface area contributed by atoms with Gasteiger partial charge in [-0.1, -0.05) is 18.2 Å². The van der Waals surface area contributed by atoms with E-state index in [-0.39, 0.29) is 0 Å². The third-order valence-electron chi connectivity index (χ3n) is 2.38. The van der Waals surface area contributed by atoms with Gasteiger partial charge >= 0.3 is 0 Å². The lowest BCUT2D eigenvalue weighted by Crippen LogP contribution is -2.03. The van der Waals surface area contributed by atoms with E-state index in [0.717, 1.165) is 5.75 Å². The molecule has 1 aliphatic heterocycles. The van der Waals surface area contributed by atoms with Crippen LogP contribution in [0.2, 0.25) is 0 Å². The van der Waals surface area contributed by atoms with Crippen molar-refractivity contribution in [3.8, 4) is 16.9 Å². The lowest BCUT2D eigenvalue weighted by atomic mass is 10.0. The molecule has 1 aliphatic rings. The van der Waals surface area contributed by atoms with Crippen LogP contribution in [0.25, 0.3) is 11.1 Å². The number of aromatic nitrogens is 1. The molecule has 13 heavy (non-hydrogen) atoms. The second-order valence-electron chi connectivity index (χ2n) is 3.15. The van der Waals surface area contributed by atoms with E-state index in [1.807, 2.05) is 24.4 Å². The van der Waals surface area contributed by atoms with Crippen LogP contribution in [0, 0.1) is 0 Å². The van der Waals surface area contributed by atoms with Gasteiger partial charge in [-0.25, -0.2) is 0 Å². The highest BCUT2D eigenvalue weighted by Gasteiger charge is 2.16. The summed E-state index contributed by atoms with van der Waals surface area (Å²) in [5.41, 5.74) is 3.62. The first-order valence-corrected chi connectivity index (χ1v) is 4.33. The van der Waals surface area contributed by atoms with Crippen LogP contribution in [0.5, 0.6) is 5.75 Å². The molecule has 0 aliphatic carbocycles. The fraction of sp³-hybridized carbons (Fsp3) is 0.0909. The zero-order valence-electron chi connectivity index (χ0n) is 7.08. The highest BCUT2D eigenvalue weighted by Crippen LogP contribution is 2.36. The Bertz CT molecular complexity index is 445. The number of benzene rings is 1. The molecule has 2 heterocycles. The quantitative estimate of drug-likeness (QED) is 0.647. The molecule has 0 saturated heterocycles. The first-order chi connectivity index (χ1) is 6.45. The Morgan fingerprint density at radius 3 is 3.00 bits per heavy atom. The molecular formula is C11H9NO. The molecule has 0 radical (unpaired) electrons. The summed E-state index contributed by atoms with van der Waals surface area (Å²) in [6.45, 7) is 0.652. The molecule has 1 aromatic heterocycles. The van der Waals surface area contributed by atoms with Gasteiger partial charge in [-0.3, -0.25) is 0 Å². The van der Waals surface area contributed by atoms with E-state index in [1.165, 1.54) is 16.8 Å². The van der Waals surface area contributed by atoms with Crippen molar-refractivity contribution >= 4 is 0 Å². The van der Waals surface area contributed by atoms with Crippen molar-refractivity contribution in [3.63, 3.8) is 0 Å². The fourth-order valence-corrected chi connectivity index (χ4v) is 1.74. The summed E-state index contributed by atoms with van der Waals surface area (Å²) in [6.07, 6.45) is 1.95. The van der Waals surface area contributed by atoms with Crippen molar-refractivity contribution in [2.24, 2.45) is 0 Å². The zero-order chi connectivity index (χ0) is 8.67. The number of rotatable bonds is 0. The van der Waals surface area contributed by atoms with Gasteiger partial charge in [-0.2, -0.15) is 0 Å². The van der Waals surface area contributed by atoms with Gasteiger partial charge < -0.3 is 9.72 Å². The lowest BCUT2D eigenvalue weighted by Gasteiger charge is -2.16. The summed E-state index contributed by atoms with van der Waals surface area (Å²) in [5, 5.41) is 0. The van der Waals surface area contributed by atoms with Gasteiger partial charge in [0.1, 0.15) is 12.4 Å². The Hall–Kier alpha value is -1.70. The smallest absolute Gasteiger partial charge is 0.129 e. The molecular weight excluding hydrogens is 162 g/mol. The molecule has 0 atom stereocenters. The first kappa shape index (κ1) is 6.78. The number of aromatic amines is 1. The Labute approximate surface area is 76.2 Å². The summed E-state index contributed by atoms with van der Waals surface area (Å²) in [4.78, 5) is 3.17. The van der Waals surface area contributed by atoms with Gasteiger partial charge in [-0.15, -0.1) is 0 Å². The van der Waals surface area contributed by atoms with Crippen LogP contribution in [0.15, 0.2) is 36.5 Å². The van der Waals surface area contributed by atoms with Crippen LogP contribution in [-0.2, 0) is 6.61 Å². The summed E-state index contributed by atoms with van der Waals surface area (Å²) >= 11 is 0. The Morgan fingerprint density at radius 1 is 1.08 bits per heavy atom. The van der Waals surface area contributed by atoms with Crippen molar-refractivity contribution in [2.75, 3.05) is 0 Å². The maximum atomic E-state index is 5.58. The van der Waals surface area contributed by atoms with E-state index < -0.39 is 0 Å². The van der Waals surface area contributed by atoms with E-state index >= 15 is 0 Å². The lowest BCUT2D eigenvalue weighted by molar-refractivity contribution is 0.298. The molecule has 1 aromatic carbocycles. The molecule has 64 valence electrons. The molecule has 0 unspecified atom stereocenters. The fourth-order valence-electron chi connectivity index (χ4n) is 1.74. The van der Waals surface area contributed by atoms with Crippen LogP contribution in [-0.4, -0.2) is 4.98 Å². The molecule has 2 heteroatoms. The van der Waals surface area contributed by atoms with Crippen LogP contribution >= 0.6 is 0 Å². The maximum absolute atomic E-state index is 5.58. The van der Waals surface area contributed by atoms with Crippen LogP contribution in [0.3, 0.4) is 0 Å².